The minimum atomic E-state index is -1.14. The lowest BCUT2D eigenvalue weighted by atomic mass is 10.1. The number of aromatic amines is 1. The predicted molar refractivity (Wildman–Crippen MR) is 75.3 cm³/mol. The lowest BCUT2D eigenvalue weighted by molar-refractivity contribution is -0.383. The number of aromatic nitrogens is 2. The number of H-pyrrole nitrogens is 1. The van der Waals surface area contributed by atoms with E-state index in [-0.39, 0.29) is 35.4 Å². The molecule has 1 unspecified atom stereocenters. The van der Waals surface area contributed by atoms with E-state index in [4.69, 9.17) is 5.11 Å². The maximum atomic E-state index is 12.1. The molecule has 2 heterocycles. The number of carboxylic acid groups (broad SMARTS) is 1. The van der Waals surface area contributed by atoms with Gasteiger partial charge in [-0.2, -0.15) is 0 Å². The number of nitro benzene ring substituents is 1. The van der Waals surface area contributed by atoms with Crippen molar-refractivity contribution in [3.8, 4) is 0 Å². The van der Waals surface area contributed by atoms with Crippen molar-refractivity contribution in [2.24, 2.45) is 0 Å². The van der Waals surface area contributed by atoms with E-state index in [0.29, 0.717) is 0 Å². The maximum Gasteiger partial charge on any atom is 0.317 e. The second kappa shape index (κ2) is 4.69. The molecule has 22 heavy (non-hydrogen) atoms. The highest BCUT2D eigenvalue weighted by atomic mass is 16.6. The number of aliphatic carboxylic acids is 1. The highest BCUT2D eigenvalue weighted by molar-refractivity contribution is 5.94. The van der Waals surface area contributed by atoms with Crippen LogP contribution in [0.2, 0.25) is 0 Å². The first kappa shape index (κ1) is 13.8. The van der Waals surface area contributed by atoms with Gasteiger partial charge in [0.2, 0.25) is 0 Å². The summed E-state index contributed by atoms with van der Waals surface area (Å²) in [5.74, 6) is -1.14. The molecule has 0 radical (unpaired) electrons. The lowest BCUT2D eigenvalue weighted by Gasteiger charge is -2.27. The lowest BCUT2D eigenvalue weighted by Crippen LogP contribution is -2.42. The highest BCUT2D eigenvalue weighted by Crippen LogP contribution is 2.35. The Morgan fingerprint density at radius 2 is 2.18 bits per heavy atom. The Kier molecular flexibility index (Phi) is 2.94. The molecule has 1 atom stereocenters. The van der Waals surface area contributed by atoms with Crippen molar-refractivity contribution in [2.75, 3.05) is 11.9 Å². The molecule has 0 saturated carbocycles. The summed E-state index contributed by atoms with van der Waals surface area (Å²) in [6.45, 7) is 0.00259. The van der Waals surface area contributed by atoms with Crippen molar-refractivity contribution in [1.82, 2.24) is 9.55 Å². The van der Waals surface area contributed by atoms with Crippen LogP contribution >= 0.6 is 0 Å². The van der Waals surface area contributed by atoms with Gasteiger partial charge in [0.15, 0.2) is 0 Å². The van der Waals surface area contributed by atoms with Crippen molar-refractivity contribution in [3.05, 3.63) is 43.0 Å². The van der Waals surface area contributed by atoms with E-state index in [1.165, 1.54) is 12.1 Å². The first-order valence-electron chi connectivity index (χ1n) is 6.31. The molecule has 0 spiro atoms. The van der Waals surface area contributed by atoms with Gasteiger partial charge in [0.05, 0.1) is 28.4 Å². The fraction of sp³-hybridized carbons (Fsp3) is 0.250. The van der Waals surface area contributed by atoms with Gasteiger partial charge < -0.3 is 15.4 Å². The third-order valence-electron chi connectivity index (χ3n) is 3.54. The Bertz CT molecular complexity index is 928. The molecule has 1 aromatic heterocycles. The molecular weight excluding hydrogens is 296 g/mol. The van der Waals surface area contributed by atoms with E-state index < -0.39 is 28.1 Å². The molecule has 1 aliphatic heterocycles. The molecule has 1 aromatic carbocycles. The van der Waals surface area contributed by atoms with Crippen LogP contribution in [0.5, 0.6) is 0 Å². The quantitative estimate of drug-likeness (QED) is 0.412. The number of rotatable bonds is 3. The van der Waals surface area contributed by atoms with Crippen LogP contribution in [0.3, 0.4) is 0 Å². The van der Waals surface area contributed by atoms with E-state index in [2.05, 4.69) is 10.3 Å². The molecule has 1 aliphatic rings. The van der Waals surface area contributed by atoms with Crippen molar-refractivity contribution >= 4 is 28.4 Å². The Labute approximate surface area is 121 Å². The van der Waals surface area contributed by atoms with Gasteiger partial charge >= 0.3 is 17.1 Å². The van der Waals surface area contributed by atoms with Crippen LogP contribution in [0.25, 0.3) is 11.0 Å². The van der Waals surface area contributed by atoms with Crippen molar-refractivity contribution in [1.29, 1.82) is 0 Å². The second-order valence-electron chi connectivity index (χ2n) is 4.87. The van der Waals surface area contributed by atoms with Gasteiger partial charge in [-0.25, -0.2) is 0 Å². The Morgan fingerprint density at radius 1 is 1.45 bits per heavy atom. The van der Waals surface area contributed by atoms with Gasteiger partial charge in [-0.05, 0) is 6.07 Å². The fourth-order valence-corrected chi connectivity index (χ4v) is 2.67. The highest BCUT2D eigenvalue weighted by Gasteiger charge is 2.30. The summed E-state index contributed by atoms with van der Waals surface area (Å²) >= 11 is 0. The summed E-state index contributed by atoms with van der Waals surface area (Å²) in [7, 11) is 0. The normalized spacial score (nSPS) is 16.3. The number of nitrogens with zero attached hydrogens (tertiary/aromatic N) is 2. The van der Waals surface area contributed by atoms with E-state index in [0.717, 1.165) is 4.57 Å². The van der Waals surface area contributed by atoms with Gasteiger partial charge in [0, 0.05) is 12.6 Å². The number of hydrogen-bond donors (Lipinski definition) is 3. The fourth-order valence-electron chi connectivity index (χ4n) is 2.67. The van der Waals surface area contributed by atoms with Gasteiger partial charge in [0.25, 0.3) is 5.69 Å². The molecule has 0 fully saturated rings. The number of nitrogens with one attached hydrogen (secondary N) is 2. The summed E-state index contributed by atoms with van der Waals surface area (Å²) < 4.78 is 1.03. The molecule has 0 amide bonds. The topological polar surface area (TPSA) is 147 Å². The van der Waals surface area contributed by atoms with Gasteiger partial charge in [-0.15, -0.1) is 0 Å². The molecular formula is C12H10N4O6. The van der Waals surface area contributed by atoms with Gasteiger partial charge in [-0.3, -0.25) is 29.1 Å². The van der Waals surface area contributed by atoms with Gasteiger partial charge in [-0.1, -0.05) is 0 Å². The molecule has 2 aromatic rings. The molecule has 0 saturated heterocycles. The second-order valence-corrected chi connectivity index (χ2v) is 4.87. The molecule has 0 aliphatic carbocycles. The van der Waals surface area contributed by atoms with E-state index in [1.54, 1.807) is 0 Å². The predicted octanol–water partition coefficient (Wildman–Crippen LogP) is 0.0393. The van der Waals surface area contributed by atoms with E-state index in [9.17, 15) is 24.5 Å². The van der Waals surface area contributed by atoms with Crippen LogP contribution in [0.1, 0.15) is 12.5 Å². The molecule has 10 heteroatoms. The van der Waals surface area contributed by atoms with Crippen LogP contribution in [-0.2, 0) is 4.79 Å². The number of anilines is 1. The third kappa shape index (κ3) is 1.92. The zero-order valence-electron chi connectivity index (χ0n) is 11.0. The summed E-state index contributed by atoms with van der Waals surface area (Å²) in [6, 6.07) is 1.73. The van der Waals surface area contributed by atoms with Crippen LogP contribution in [0.15, 0.2) is 21.7 Å². The number of nitro groups is 1. The summed E-state index contributed by atoms with van der Waals surface area (Å²) in [5, 5.41) is 22.8. The minimum Gasteiger partial charge on any atom is -0.481 e. The average Bonchev–Trinajstić information content (AvgIpc) is 2.44. The third-order valence-corrected chi connectivity index (χ3v) is 3.54. The Hall–Kier alpha value is -3.17. The van der Waals surface area contributed by atoms with Crippen LogP contribution < -0.4 is 16.4 Å². The van der Waals surface area contributed by atoms with Crippen LogP contribution in [-0.4, -0.2) is 32.1 Å². The minimum absolute atomic E-state index is 0.00259. The largest absolute Gasteiger partial charge is 0.481 e. The molecule has 3 N–H and O–H groups in total. The summed E-state index contributed by atoms with van der Waals surface area (Å²) in [5.41, 5.74) is -1.62. The van der Waals surface area contributed by atoms with Crippen LogP contribution in [0.4, 0.5) is 11.4 Å². The SMILES string of the molecule is O=C(O)CC1CNc2c([N+](=O)[O-])ccc3[nH]c(=O)c(=O)n1c23. The number of hydrogen-bond acceptors (Lipinski definition) is 6. The van der Waals surface area contributed by atoms with Gasteiger partial charge in [0.1, 0.15) is 5.69 Å². The van der Waals surface area contributed by atoms with Crippen molar-refractivity contribution < 1.29 is 14.8 Å². The first-order valence-corrected chi connectivity index (χ1v) is 6.31. The Balaban J connectivity index is 2.42. The van der Waals surface area contributed by atoms with Crippen molar-refractivity contribution in [2.45, 2.75) is 12.5 Å². The summed E-state index contributed by atoms with van der Waals surface area (Å²) in [4.78, 5) is 47.6. The zero-order chi connectivity index (χ0) is 16.0. The van der Waals surface area contributed by atoms with Crippen molar-refractivity contribution in [3.63, 3.8) is 0 Å². The monoisotopic (exact) mass is 306 g/mol. The first-order chi connectivity index (χ1) is 10.4. The molecule has 3 rings (SSSR count). The zero-order valence-corrected chi connectivity index (χ0v) is 11.0. The number of benzene rings is 1. The smallest absolute Gasteiger partial charge is 0.317 e. The molecule has 114 valence electrons. The standard InChI is InChI=1S/C12H10N4O6/c17-8(18)3-5-4-13-9-7(16(21)22)2-1-6-10(9)15(5)12(20)11(19)14-6/h1-2,5,13H,3-4H2,(H,14,19)(H,17,18). The van der Waals surface area contributed by atoms with E-state index in [1.807, 2.05) is 0 Å². The average molecular weight is 306 g/mol. The molecule has 0 bridgehead atoms. The molecule has 10 nitrogen and oxygen atoms in total. The van der Waals surface area contributed by atoms with E-state index >= 15 is 0 Å². The number of carboxylic acids is 1. The maximum absolute atomic E-state index is 12.1. The summed E-state index contributed by atoms with van der Waals surface area (Å²) in [6.07, 6.45) is -0.381. The number of carbonyl (C=O) groups is 1. The van der Waals surface area contributed by atoms with Crippen LogP contribution in [0, 0.1) is 10.1 Å². The Morgan fingerprint density at radius 3 is 2.82 bits per heavy atom.